The Morgan fingerprint density at radius 3 is 3.00 bits per heavy atom. The normalized spacial score (nSPS) is 20.9. The van der Waals surface area contributed by atoms with Gasteiger partial charge in [-0.2, -0.15) is 0 Å². The summed E-state index contributed by atoms with van der Waals surface area (Å²) in [4.78, 5) is 15.3. The molecule has 1 heterocycles. The smallest absolute Gasteiger partial charge is 0.313 e. The Bertz CT molecular complexity index is 719. The van der Waals surface area contributed by atoms with Gasteiger partial charge in [0.25, 0.3) is 0 Å². The monoisotopic (exact) mass is 372 g/mol. The number of carboxylic acids is 1. The van der Waals surface area contributed by atoms with Gasteiger partial charge in [-0.1, -0.05) is 25.1 Å². The van der Waals surface area contributed by atoms with Crippen LogP contribution in [0.15, 0.2) is 21.8 Å². The van der Waals surface area contributed by atoms with E-state index in [0.717, 1.165) is 18.4 Å². The molecule has 0 saturated heterocycles. The number of benzene rings is 1. The van der Waals surface area contributed by atoms with Crippen LogP contribution < -0.4 is 0 Å². The molecule has 21 heavy (non-hydrogen) atoms. The van der Waals surface area contributed by atoms with Crippen molar-refractivity contribution in [2.24, 2.45) is 5.92 Å². The Hall–Kier alpha value is -1.08. The zero-order valence-electron chi connectivity index (χ0n) is 11.3. The lowest BCUT2D eigenvalue weighted by atomic mass is 10.3. The Morgan fingerprint density at radius 2 is 2.38 bits per heavy atom. The van der Waals surface area contributed by atoms with E-state index in [0.29, 0.717) is 27.1 Å². The van der Waals surface area contributed by atoms with Gasteiger partial charge in [0.15, 0.2) is 5.16 Å². The second kappa shape index (κ2) is 5.61. The van der Waals surface area contributed by atoms with Gasteiger partial charge in [-0.15, -0.1) is 0 Å². The van der Waals surface area contributed by atoms with Gasteiger partial charge in [0.1, 0.15) is 5.82 Å². The van der Waals surface area contributed by atoms with Crippen LogP contribution in [0.2, 0.25) is 0 Å². The third-order valence-corrected chi connectivity index (χ3v) is 5.31. The van der Waals surface area contributed by atoms with Gasteiger partial charge in [0.2, 0.25) is 0 Å². The van der Waals surface area contributed by atoms with Crippen LogP contribution in [0.25, 0.3) is 11.0 Å². The molecule has 0 amide bonds. The average molecular weight is 373 g/mol. The molecule has 0 radical (unpaired) electrons. The summed E-state index contributed by atoms with van der Waals surface area (Å²) in [5.74, 6) is -0.685. The lowest BCUT2D eigenvalue weighted by Crippen LogP contribution is -2.03. The molecule has 1 aliphatic carbocycles. The first-order valence-corrected chi connectivity index (χ1v) is 8.50. The molecule has 3 rings (SSSR count). The van der Waals surface area contributed by atoms with Crippen molar-refractivity contribution in [3.05, 3.63) is 22.4 Å². The summed E-state index contributed by atoms with van der Waals surface area (Å²) in [7, 11) is 0. The summed E-state index contributed by atoms with van der Waals surface area (Å²) in [6, 6.07) is 3.43. The van der Waals surface area contributed by atoms with Crippen molar-refractivity contribution >= 4 is 44.7 Å². The maximum atomic E-state index is 13.8. The molecule has 1 aliphatic rings. The highest BCUT2D eigenvalue weighted by molar-refractivity contribution is 9.10. The van der Waals surface area contributed by atoms with Gasteiger partial charge in [0, 0.05) is 12.1 Å². The maximum Gasteiger partial charge on any atom is 0.313 e. The lowest BCUT2D eigenvalue weighted by molar-refractivity contribution is -0.133. The van der Waals surface area contributed by atoms with Crippen molar-refractivity contribution < 1.29 is 14.3 Å². The van der Waals surface area contributed by atoms with Crippen molar-refractivity contribution in [2.75, 3.05) is 5.75 Å². The maximum absolute atomic E-state index is 13.8. The minimum atomic E-state index is -0.881. The Balaban J connectivity index is 2.07. The van der Waals surface area contributed by atoms with Crippen LogP contribution in [-0.4, -0.2) is 26.4 Å². The van der Waals surface area contributed by atoms with E-state index in [9.17, 15) is 9.18 Å². The molecule has 7 heteroatoms. The molecule has 1 aromatic carbocycles. The predicted molar refractivity (Wildman–Crippen MR) is 83.2 cm³/mol. The lowest BCUT2D eigenvalue weighted by Gasteiger charge is -2.07. The average Bonchev–Trinajstić information content (AvgIpc) is 3.13. The SMILES string of the molecule is CCC1CC1n1c(SCC(=O)O)nc2cc(Br)c(F)cc21. The van der Waals surface area contributed by atoms with E-state index in [1.807, 2.05) is 4.57 Å². The molecule has 0 aliphatic heterocycles. The summed E-state index contributed by atoms with van der Waals surface area (Å²) >= 11 is 4.35. The molecular weight excluding hydrogens is 359 g/mol. The van der Waals surface area contributed by atoms with E-state index in [-0.39, 0.29) is 11.6 Å². The van der Waals surface area contributed by atoms with Crippen LogP contribution in [0, 0.1) is 11.7 Å². The second-order valence-electron chi connectivity index (χ2n) is 5.17. The zero-order chi connectivity index (χ0) is 15.1. The molecule has 1 fully saturated rings. The van der Waals surface area contributed by atoms with Crippen LogP contribution >= 0.6 is 27.7 Å². The molecule has 4 nitrogen and oxygen atoms in total. The highest BCUT2D eigenvalue weighted by atomic mass is 79.9. The number of imidazole rings is 1. The summed E-state index contributed by atoms with van der Waals surface area (Å²) in [5.41, 5.74) is 1.43. The van der Waals surface area contributed by atoms with Gasteiger partial charge in [-0.3, -0.25) is 4.79 Å². The molecule has 2 atom stereocenters. The van der Waals surface area contributed by atoms with Crippen LogP contribution in [0.1, 0.15) is 25.8 Å². The number of fused-ring (bicyclic) bond motifs is 1. The van der Waals surface area contributed by atoms with E-state index >= 15 is 0 Å². The standard InChI is InChI=1S/C14H14BrFN2O2S/c1-2-7-3-11(7)18-12-5-9(16)8(15)4-10(12)17-14(18)21-6-13(19)20/h4-5,7,11H,2-3,6H2,1H3,(H,19,20). The van der Waals surface area contributed by atoms with Gasteiger partial charge in [-0.25, -0.2) is 9.37 Å². The number of rotatable bonds is 5. The number of hydrogen-bond donors (Lipinski definition) is 1. The molecule has 1 aromatic heterocycles. The van der Waals surface area contributed by atoms with Crippen LogP contribution in [0.4, 0.5) is 4.39 Å². The van der Waals surface area contributed by atoms with Crippen LogP contribution in [0.5, 0.6) is 0 Å². The Morgan fingerprint density at radius 1 is 1.62 bits per heavy atom. The second-order valence-corrected chi connectivity index (χ2v) is 6.97. The van der Waals surface area contributed by atoms with Gasteiger partial charge >= 0.3 is 5.97 Å². The van der Waals surface area contributed by atoms with Crippen LogP contribution in [0.3, 0.4) is 0 Å². The van der Waals surface area contributed by atoms with E-state index in [2.05, 4.69) is 27.8 Å². The quantitative estimate of drug-likeness (QED) is 0.803. The van der Waals surface area contributed by atoms with Gasteiger partial charge in [0.05, 0.1) is 21.3 Å². The number of carboxylic acid groups (broad SMARTS) is 1. The number of carbonyl (C=O) groups is 1. The molecule has 2 unspecified atom stereocenters. The summed E-state index contributed by atoms with van der Waals surface area (Å²) in [5, 5.41) is 9.51. The van der Waals surface area contributed by atoms with E-state index in [1.165, 1.54) is 17.8 Å². The first-order valence-electron chi connectivity index (χ1n) is 6.72. The van der Waals surface area contributed by atoms with Crippen molar-refractivity contribution in [3.63, 3.8) is 0 Å². The van der Waals surface area contributed by atoms with Crippen molar-refractivity contribution in [3.8, 4) is 0 Å². The zero-order valence-corrected chi connectivity index (χ0v) is 13.7. The topological polar surface area (TPSA) is 55.1 Å². The van der Waals surface area contributed by atoms with Crippen molar-refractivity contribution in [2.45, 2.75) is 31.0 Å². The first kappa shape index (κ1) is 14.8. The molecule has 112 valence electrons. The number of nitrogens with zero attached hydrogens (tertiary/aromatic N) is 2. The third kappa shape index (κ3) is 2.81. The largest absolute Gasteiger partial charge is 0.481 e. The third-order valence-electron chi connectivity index (χ3n) is 3.77. The fraction of sp³-hybridized carbons (Fsp3) is 0.429. The number of halogens is 2. The highest BCUT2D eigenvalue weighted by Crippen LogP contribution is 2.49. The summed E-state index contributed by atoms with van der Waals surface area (Å²) in [6.45, 7) is 2.13. The molecular formula is C14H14BrFN2O2S. The minimum absolute atomic E-state index is 0.0452. The number of thioether (sulfide) groups is 1. The van der Waals surface area contributed by atoms with Crippen molar-refractivity contribution in [1.82, 2.24) is 9.55 Å². The molecule has 1 N–H and O–H groups in total. The summed E-state index contributed by atoms with van der Waals surface area (Å²) in [6.07, 6.45) is 2.10. The predicted octanol–water partition coefficient (Wildman–Crippen LogP) is 4.09. The Kier molecular flexibility index (Phi) is 3.96. The fourth-order valence-corrected chi connectivity index (χ4v) is 3.72. The van der Waals surface area contributed by atoms with Gasteiger partial charge in [-0.05, 0) is 34.3 Å². The van der Waals surface area contributed by atoms with Crippen LogP contribution in [-0.2, 0) is 4.79 Å². The van der Waals surface area contributed by atoms with Gasteiger partial charge < -0.3 is 9.67 Å². The minimum Gasteiger partial charge on any atom is -0.481 e. The molecule has 1 saturated carbocycles. The highest BCUT2D eigenvalue weighted by Gasteiger charge is 2.39. The number of aliphatic carboxylic acids is 1. The van der Waals surface area contributed by atoms with E-state index in [1.54, 1.807) is 6.07 Å². The van der Waals surface area contributed by atoms with E-state index < -0.39 is 5.97 Å². The number of hydrogen-bond acceptors (Lipinski definition) is 3. The number of aromatic nitrogens is 2. The summed E-state index contributed by atoms with van der Waals surface area (Å²) < 4.78 is 16.2. The molecule has 2 aromatic rings. The Labute approximate surface area is 133 Å². The molecule has 0 bridgehead atoms. The first-order chi connectivity index (χ1) is 10.0. The molecule has 0 spiro atoms. The van der Waals surface area contributed by atoms with E-state index in [4.69, 9.17) is 5.11 Å². The van der Waals surface area contributed by atoms with Crippen molar-refractivity contribution in [1.29, 1.82) is 0 Å². The fourth-order valence-electron chi connectivity index (χ4n) is 2.60.